The summed E-state index contributed by atoms with van der Waals surface area (Å²) in [6.07, 6.45) is 7.67. The van der Waals surface area contributed by atoms with Crippen molar-refractivity contribution in [2.75, 3.05) is 26.5 Å². The monoisotopic (exact) mass is 906 g/mol. The Labute approximate surface area is 322 Å². The number of carboxylic acid groups (broad SMARTS) is 1. The van der Waals surface area contributed by atoms with Gasteiger partial charge in [0.25, 0.3) is 0 Å². The molecule has 0 aliphatic rings. The molecule has 4 heterocycles. The maximum absolute atomic E-state index is 10.7. The molecular formula is C27H34F12N5NaO2P3Ru+2. The number of carbonyl (C=O) groups excluding carboxylic acids is 1. The number of nitrogens with two attached hydrogens (primary N) is 1. The van der Waals surface area contributed by atoms with Gasteiger partial charge in [-0.15, -0.1) is 0 Å². The molecule has 2 N–H and O–H groups in total. The van der Waals surface area contributed by atoms with Gasteiger partial charge in [-0.25, -0.2) is 0 Å². The predicted molar refractivity (Wildman–Crippen MR) is 171 cm³/mol. The molecule has 0 aromatic carbocycles. The van der Waals surface area contributed by atoms with Gasteiger partial charge in [-0.05, 0) is 75.8 Å². The number of aliphatic carboxylic acids is 1. The SMILES string of the molecule is C[PH+](C)C.F[P-](F)(F)(F)(F)F.F[P-](F)(F)(F)(F)F.NCCCC(=O)[O-].[Na+].[Ru+3].c1ccc(-c2ccccn2)nc1.c1ccc(-c2ccccn2)nc1. The Balaban J connectivity index is -0.000000268. The Bertz CT molecular complexity index is 1290. The van der Waals surface area contributed by atoms with E-state index in [1.807, 2.05) is 72.8 Å². The largest absolute Gasteiger partial charge is 3.00 e. The molecule has 0 saturated carbocycles. The number of rotatable bonds is 5. The molecular weight excluding hydrogens is 871 g/mol. The Kier molecular flexibility index (Phi) is 24.5. The van der Waals surface area contributed by atoms with Crippen LogP contribution in [-0.4, -0.2) is 52.4 Å². The van der Waals surface area contributed by atoms with Crippen LogP contribution in [0.25, 0.3) is 22.8 Å². The van der Waals surface area contributed by atoms with Gasteiger partial charge in [-0.1, -0.05) is 24.3 Å². The maximum atomic E-state index is 9.87. The number of halogens is 12. The van der Waals surface area contributed by atoms with E-state index in [9.17, 15) is 60.3 Å². The van der Waals surface area contributed by atoms with Gasteiger partial charge in [0.2, 0.25) is 0 Å². The Hall–Kier alpha value is -1.90. The van der Waals surface area contributed by atoms with Gasteiger partial charge in [-0.2, -0.15) is 0 Å². The molecule has 0 spiro atoms. The third-order valence-electron chi connectivity index (χ3n) is 3.77. The molecule has 4 aromatic heterocycles. The molecule has 7 nitrogen and oxygen atoms in total. The molecule has 0 bridgehead atoms. The summed E-state index contributed by atoms with van der Waals surface area (Å²) >= 11 is 0. The summed E-state index contributed by atoms with van der Waals surface area (Å²) in [7, 11) is -21.2. The topological polar surface area (TPSA) is 118 Å². The fraction of sp³-hybridized carbons (Fsp3) is 0.222. The van der Waals surface area contributed by atoms with Crippen LogP contribution in [0.4, 0.5) is 50.4 Å². The molecule has 24 heteroatoms. The third kappa shape index (κ3) is 57.7. The van der Waals surface area contributed by atoms with Gasteiger partial charge < -0.3 is 15.6 Å². The zero-order chi connectivity index (χ0) is 38.5. The molecule has 0 fully saturated rings. The molecule has 1 radical (unpaired) electrons. The fourth-order valence-corrected chi connectivity index (χ4v) is 2.30. The fourth-order valence-electron chi connectivity index (χ4n) is 2.30. The van der Waals surface area contributed by atoms with Crippen LogP contribution in [0.2, 0.25) is 0 Å². The predicted octanol–water partition coefficient (Wildman–Crippen LogP) is 7.62. The molecule has 0 atom stereocenters. The second-order valence-corrected chi connectivity index (χ2v) is 16.4. The van der Waals surface area contributed by atoms with Crippen LogP contribution >= 0.6 is 23.5 Å². The van der Waals surface area contributed by atoms with E-state index in [1.54, 1.807) is 24.8 Å². The van der Waals surface area contributed by atoms with E-state index >= 15 is 0 Å². The van der Waals surface area contributed by atoms with E-state index in [1.165, 1.54) is 0 Å². The number of aromatic nitrogens is 4. The molecule has 0 aliphatic heterocycles. The standard InChI is InChI=1S/2C10H8N2.C4H9NO2.C3H9P.2F6P.Na.Ru/c2*1-3-7-11-9(5-1)10-6-2-4-8-12-10;5-3-1-2-4(6)7;1-4(2)3;2*1-7(2,3,4,5)6;;/h2*1-8H;1-3,5H2,(H,6,7);1-3H3;;;;/q;;;;2*-1;+1;+3. The first kappa shape index (κ1) is 55.9. The van der Waals surface area contributed by atoms with Gasteiger partial charge in [0, 0.05) is 50.8 Å². The average molecular weight is 906 g/mol. The van der Waals surface area contributed by atoms with E-state index in [-0.39, 0.29) is 63.4 Å². The minimum absolute atomic E-state index is 0. The zero-order valence-corrected chi connectivity index (χ0v) is 33.9. The van der Waals surface area contributed by atoms with Crippen LogP contribution < -0.4 is 40.4 Å². The van der Waals surface area contributed by atoms with Crippen molar-refractivity contribution in [2.24, 2.45) is 5.73 Å². The molecule has 4 aromatic rings. The van der Waals surface area contributed by atoms with Gasteiger partial charge in [0.15, 0.2) is 0 Å². The second-order valence-electron chi connectivity index (χ2n) is 9.54. The Morgan fingerprint density at radius 2 is 0.784 bits per heavy atom. The average Bonchev–Trinajstić information content (AvgIpc) is 2.95. The molecule has 0 amide bonds. The number of carbonyl (C=O) groups is 1. The third-order valence-corrected chi connectivity index (χ3v) is 3.77. The normalized spacial score (nSPS) is 12.8. The van der Waals surface area contributed by atoms with Crippen LogP contribution in [0.15, 0.2) is 97.6 Å². The zero-order valence-electron chi connectivity index (χ0n) is 27.3. The van der Waals surface area contributed by atoms with E-state index in [0.717, 1.165) is 22.8 Å². The van der Waals surface area contributed by atoms with Crippen molar-refractivity contribution >= 4 is 29.5 Å². The Morgan fingerprint density at radius 1 is 0.588 bits per heavy atom. The van der Waals surface area contributed by atoms with Crippen molar-refractivity contribution in [3.8, 4) is 22.8 Å². The minimum atomic E-state index is -10.7. The van der Waals surface area contributed by atoms with Gasteiger partial charge in [-0.3, -0.25) is 19.9 Å². The number of hydrogen-bond acceptors (Lipinski definition) is 7. The summed E-state index contributed by atoms with van der Waals surface area (Å²) in [6.45, 7) is 7.23. The van der Waals surface area contributed by atoms with Crippen molar-refractivity contribution < 1.29 is 109 Å². The van der Waals surface area contributed by atoms with E-state index < -0.39 is 21.6 Å². The van der Waals surface area contributed by atoms with Crippen molar-refractivity contribution in [2.45, 2.75) is 12.8 Å². The van der Waals surface area contributed by atoms with E-state index in [4.69, 9.17) is 5.73 Å². The first-order valence-electron chi connectivity index (χ1n) is 13.3. The first-order chi connectivity index (χ1) is 21.8. The summed E-state index contributed by atoms with van der Waals surface area (Å²) in [5.41, 5.74) is 8.65. The van der Waals surface area contributed by atoms with E-state index in [0.29, 0.717) is 13.0 Å². The number of pyridine rings is 4. The minimum Gasteiger partial charge on any atom is -0.550 e. The van der Waals surface area contributed by atoms with Gasteiger partial charge in [0.1, 0.15) is 0 Å². The molecule has 0 saturated heterocycles. The summed E-state index contributed by atoms with van der Waals surface area (Å²) in [5, 5.41) is 9.59. The smallest absolute Gasteiger partial charge is 0.550 e. The molecule has 0 aliphatic carbocycles. The van der Waals surface area contributed by atoms with Crippen molar-refractivity contribution in [3.05, 3.63) is 97.6 Å². The Morgan fingerprint density at radius 3 is 0.882 bits per heavy atom. The molecule has 4 rings (SSSR count). The number of nitrogens with zero attached hydrogens (tertiary/aromatic N) is 4. The summed E-state index contributed by atoms with van der Waals surface area (Å²) in [5.74, 6) is -1.02. The van der Waals surface area contributed by atoms with Crippen molar-refractivity contribution in [1.82, 2.24) is 19.9 Å². The maximum Gasteiger partial charge on any atom is 3.00 e. The van der Waals surface area contributed by atoms with Crippen LogP contribution in [0.5, 0.6) is 0 Å². The summed E-state index contributed by atoms with van der Waals surface area (Å²) in [6, 6.07) is 23.2. The van der Waals surface area contributed by atoms with Gasteiger partial charge >= 0.3 is 115 Å². The molecule has 285 valence electrons. The van der Waals surface area contributed by atoms with Crippen LogP contribution in [-0.2, 0) is 24.3 Å². The van der Waals surface area contributed by atoms with Crippen molar-refractivity contribution in [3.63, 3.8) is 0 Å². The van der Waals surface area contributed by atoms with Crippen LogP contribution in [0, 0.1) is 0 Å². The number of carboxylic acids is 1. The first-order valence-corrected chi connectivity index (χ1v) is 20.3. The molecule has 51 heavy (non-hydrogen) atoms. The van der Waals surface area contributed by atoms with Crippen molar-refractivity contribution in [1.29, 1.82) is 0 Å². The van der Waals surface area contributed by atoms with E-state index in [2.05, 4.69) is 39.9 Å². The van der Waals surface area contributed by atoms with Gasteiger partial charge in [0.05, 0.1) is 22.8 Å². The second kappa shape index (κ2) is 22.4. The summed E-state index contributed by atoms with van der Waals surface area (Å²) in [4.78, 5) is 26.3. The van der Waals surface area contributed by atoms with Crippen LogP contribution in [0.3, 0.4) is 0 Å². The summed E-state index contributed by atoms with van der Waals surface area (Å²) < 4.78 is 118. The number of hydrogen-bond donors (Lipinski definition) is 1. The quantitative estimate of drug-likeness (QED) is 0.125. The molecule has 0 unspecified atom stereocenters. The van der Waals surface area contributed by atoms with Crippen LogP contribution in [0.1, 0.15) is 12.8 Å².